The Morgan fingerprint density at radius 1 is 1.06 bits per heavy atom. The van der Waals surface area contributed by atoms with E-state index in [1.54, 1.807) is 44.2 Å². The fourth-order valence-electron chi connectivity index (χ4n) is 6.45. The Kier molecular flexibility index (Phi) is 9.82. The van der Waals surface area contributed by atoms with Crippen molar-refractivity contribution in [3.05, 3.63) is 58.7 Å². The number of ether oxygens (including phenoxy) is 1. The van der Waals surface area contributed by atoms with E-state index < -0.39 is 15.1 Å². The molecular weight excluding hydrogens is 654 g/mol. The minimum Gasteiger partial charge on any atom is -0.489 e. The van der Waals surface area contributed by atoms with E-state index in [0.717, 1.165) is 37.8 Å². The molecule has 0 spiro atoms. The zero-order valence-electron chi connectivity index (χ0n) is 27.6. The first-order chi connectivity index (χ1) is 22.9. The molecule has 0 unspecified atom stereocenters. The van der Waals surface area contributed by atoms with Crippen LogP contribution in [0.4, 0.5) is 23.1 Å². The topological polar surface area (TPSA) is 146 Å². The van der Waals surface area contributed by atoms with Gasteiger partial charge in [-0.25, -0.2) is 13.4 Å². The molecular formula is C34H42ClN7O5S. The monoisotopic (exact) mass is 695 g/mol. The zero-order valence-corrected chi connectivity index (χ0v) is 29.2. The van der Waals surface area contributed by atoms with Crippen molar-refractivity contribution in [1.29, 1.82) is 0 Å². The maximum absolute atomic E-state index is 13.8. The van der Waals surface area contributed by atoms with Gasteiger partial charge in [-0.2, -0.15) is 4.98 Å². The molecule has 4 heterocycles. The number of likely N-dealkylation sites (tertiary alicyclic amines) is 1. The van der Waals surface area contributed by atoms with Crippen molar-refractivity contribution in [2.75, 3.05) is 30.3 Å². The molecule has 2 aromatic carbocycles. The largest absolute Gasteiger partial charge is 0.489 e. The van der Waals surface area contributed by atoms with Crippen LogP contribution in [-0.4, -0.2) is 83.1 Å². The number of hydrogen-bond donors (Lipinski definition) is 3. The molecule has 3 N–H and O–H groups in total. The molecule has 1 atom stereocenters. The Labute approximate surface area is 286 Å². The Balaban J connectivity index is 1.21. The predicted molar refractivity (Wildman–Crippen MR) is 185 cm³/mol. The average molecular weight is 696 g/mol. The number of rotatable bonds is 10. The van der Waals surface area contributed by atoms with Crippen LogP contribution in [0.3, 0.4) is 0 Å². The van der Waals surface area contributed by atoms with Gasteiger partial charge in [0.2, 0.25) is 11.9 Å². The number of fused-ring (bicyclic) bond motifs is 1. The highest BCUT2D eigenvalue weighted by atomic mass is 35.5. The van der Waals surface area contributed by atoms with E-state index in [2.05, 4.69) is 25.9 Å². The third kappa shape index (κ3) is 6.94. The lowest BCUT2D eigenvalue weighted by atomic mass is 10.0. The summed E-state index contributed by atoms with van der Waals surface area (Å²) in [6.45, 7) is 9.73. The molecule has 48 heavy (non-hydrogen) atoms. The maximum atomic E-state index is 13.8. The number of nitrogens with one attached hydrogen (secondary N) is 3. The van der Waals surface area contributed by atoms with Crippen LogP contribution in [0.15, 0.2) is 47.5 Å². The number of amides is 2. The van der Waals surface area contributed by atoms with Crippen LogP contribution in [0, 0.1) is 0 Å². The Morgan fingerprint density at radius 3 is 2.50 bits per heavy atom. The fraction of sp³-hybridized carbons (Fsp3) is 0.471. The normalized spacial score (nSPS) is 18.5. The van der Waals surface area contributed by atoms with E-state index in [0.29, 0.717) is 42.3 Å². The number of benzene rings is 2. The van der Waals surface area contributed by atoms with Gasteiger partial charge in [0.1, 0.15) is 10.8 Å². The van der Waals surface area contributed by atoms with Crippen LogP contribution in [0.1, 0.15) is 69.3 Å². The Hall–Kier alpha value is -3.94. The van der Waals surface area contributed by atoms with Gasteiger partial charge in [-0.15, -0.1) is 0 Å². The van der Waals surface area contributed by atoms with Gasteiger partial charge in [0.25, 0.3) is 5.91 Å². The first kappa shape index (κ1) is 33.9. The second-order valence-electron chi connectivity index (χ2n) is 13.0. The van der Waals surface area contributed by atoms with E-state index in [-0.39, 0.29) is 51.7 Å². The van der Waals surface area contributed by atoms with Gasteiger partial charge in [0.05, 0.1) is 39.9 Å². The molecule has 256 valence electrons. The molecule has 0 aliphatic carbocycles. The van der Waals surface area contributed by atoms with Gasteiger partial charge in [-0.05, 0) is 89.8 Å². The minimum absolute atomic E-state index is 0.0342. The van der Waals surface area contributed by atoms with E-state index in [4.69, 9.17) is 16.3 Å². The van der Waals surface area contributed by atoms with Crippen LogP contribution in [0.25, 0.3) is 0 Å². The number of carbonyl (C=O) groups excluding carboxylic acids is 2. The van der Waals surface area contributed by atoms with Crippen LogP contribution >= 0.6 is 11.6 Å². The number of piperidine rings is 1. The quantitative estimate of drug-likeness (QED) is 0.256. The number of para-hydroxylation sites is 1. The van der Waals surface area contributed by atoms with Crippen LogP contribution in [0.5, 0.6) is 5.75 Å². The molecule has 2 amide bonds. The molecule has 1 aromatic heterocycles. The highest BCUT2D eigenvalue weighted by Crippen LogP contribution is 2.38. The highest BCUT2D eigenvalue weighted by Gasteiger charge is 2.37. The number of carbonyl (C=O) groups is 2. The number of halogens is 1. The second-order valence-corrected chi connectivity index (χ2v) is 15.9. The summed E-state index contributed by atoms with van der Waals surface area (Å²) in [7, 11) is -3.59. The molecule has 6 rings (SSSR count). The van der Waals surface area contributed by atoms with Gasteiger partial charge in [-0.1, -0.05) is 23.7 Å². The summed E-state index contributed by atoms with van der Waals surface area (Å²) in [5.41, 5.74) is 2.30. The van der Waals surface area contributed by atoms with E-state index in [1.165, 1.54) is 6.20 Å². The lowest BCUT2D eigenvalue weighted by Gasteiger charge is -2.37. The van der Waals surface area contributed by atoms with Crippen molar-refractivity contribution >= 4 is 56.4 Å². The lowest BCUT2D eigenvalue weighted by Crippen LogP contribution is -2.50. The molecule has 3 aliphatic rings. The number of hydrogen-bond acceptors (Lipinski definition) is 10. The second kappa shape index (κ2) is 13.9. The van der Waals surface area contributed by atoms with Crippen molar-refractivity contribution in [2.24, 2.45) is 0 Å². The van der Waals surface area contributed by atoms with Gasteiger partial charge in [-0.3, -0.25) is 9.59 Å². The van der Waals surface area contributed by atoms with Crippen LogP contribution in [-0.2, 0) is 21.2 Å². The zero-order chi connectivity index (χ0) is 34.2. The molecule has 3 aromatic rings. The third-order valence-electron chi connectivity index (χ3n) is 9.03. The van der Waals surface area contributed by atoms with Crippen molar-refractivity contribution in [2.45, 2.75) is 88.3 Å². The average Bonchev–Trinajstić information content (AvgIpc) is 3.71. The summed E-state index contributed by atoms with van der Waals surface area (Å²) in [6.07, 6.45) is 4.64. The lowest BCUT2D eigenvalue weighted by molar-refractivity contribution is -0.134. The number of aromatic nitrogens is 2. The first-order valence-electron chi connectivity index (χ1n) is 16.5. The predicted octanol–water partition coefficient (Wildman–Crippen LogP) is 5.29. The molecule has 2 saturated heterocycles. The third-order valence-corrected chi connectivity index (χ3v) is 11.5. The van der Waals surface area contributed by atoms with Crippen LogP contribution in [0.2, 0.25) is 5.02 Å². The maximum Gasteiger partial charge on any atom is 0.254 e. The van der Waals surface area contributed by atoms with Crippen molar-refractivity contribution in [3.63, 3.8) is 0 Å². The molecule has 0 saturated carbocycles. The number of anilines is 4. The number of sulfone groups is 1. The minimum atomic E-state index is -3.59. The summed E-state index contributed by atoms with van der Waals surface area (Å²) < 4.78 is 32.2. The smallest absolute Gasteiger partial charge is 0.254 e. The standard InChI is InChI=1S/C34H42ClN7O5S/c1-20(2)47-29-16-22-19-42(23-11-14-41(15-12-23)33(44)27-9-7-13-36-27)32(43)24(22)17-28(29)39-34-37-18-25(35)31(40-34)38-26-8-5-6-10-30(26)48(45,46)21(3)4/h5-6,8,10,16-18,20-21,23,27,36H,7,9,11-15,19H2,1-4H3,(H2,37,38,39,40)/t27-/m0/s1. The molecule has 12 nitrogen and oxygen atoms in total. The highest BCUT2D eigenvalue weighted by molar-refractivity contribution is 7.92. The molecule has 0 bridgehead atoms. The van der Waals surface area contributed by atoms with Gasteiger partial charge < -0.3 is 30.5 Å². The Bertz CT molecular complexity index is 1810. The summed E-state index contributed by atoms with van der Waals surface area (Å²) in [4.78, 5) is 39.6. The van der Waals surface area contributed by atoms with Gasteiger partial charge in [0.15, 0.2) is 15.7 Å². The van der Waals surface area contributed by atoms with E-state index in [1.807, 2.05) is 29.7 Å². The summed E-state index contributed by atoms with van der Waals surface area (Å²) in [5, 5.41) is 9.14. The fourth-order valence-corrected chi connectivity index (χ4v) is 7.79. The summed E-state index contributed by atoms with van der Waals surface area (Å²) in [5.74, 6) is 1.04. The molecule has 0 radical (unpaired) electrons. The van der Waals surface area contributed by atoms with Crippen LogP contribution < -0.4 is 20.7 Å². The van der Waals surface area contributed by atoms with Crippen molar-refractivity contribution in [1.82, 2.24) is 25.1 Å². The molecule has 3 aliphatic heterocycles. The van der Waals surface area contributed by atoms with E-state index in [9.17, 15) is 18.0 Å². The summed E-state index contributed by atoms with van der Waals surface area (Å²) in [6, 6.07) is 10.2. The summed E-state index contributed by atoms with van der Waals surface area (Å²) >= 11 is 6.46. The SMILES string of the molecule is CC(C)Oc1cc2c(cc1Nc1ncc(Cl)c(Nc3ccccc3S(=O)(=O)C(C)C)n1)C(=O)N(C1CCN(C(=O)[C@@H]3CCCN3)CC1)C2. The van der Waals surface area contributed by atoms with Gasteiger partial charge in [0, 0.05) is 31.2 Å². The van der Waals surface area contributed by atoms with Gasteiger partial charge >= 0.3 is 0 Å². The Morgan fingerprint density at radius 2 is 1.81 bits per heavy atom. The molecule has 2 fully saturated rings. The van der Waals surface area contributed by atoms with Crippen molar-refractivity contribution in [3.8, 4) is 5.75 Å². The van der Waals surface area contributed by atoms with Crippen molar-refractivity contribution < 1.29 is 22.7 Å². The first-order valence-corrected chi connectivity index (χ1v) is 18.4. The molecule has 14 heteroatoms. The van der Waals surface area contributed by atoms with E-state index >= 15 is 0 Å². The number of nitrogens with zero attached hydrogens (tertiary/aromatic N) is 4.